The van der Waals surface area contributed by atoms with Crippen molar-refractivity contribution in [2.24, 2.45) is 5.92 Å². The summed E-state index contributed by atoms with van der Waals surface area (Å²) in [5, 5.41) is 9.60. The molecule has 0 aliphatic carbocycles. The van der Waals surface area contributed by atoms with Crippen molar-refractivity contribution in [3.63, 3.8) is 0 Å². The number of ether oxygens (including phenoxy) is 1. The molecule has 1 saturated heterocycles. The number of hydrogen-bond donors (Lipinski definition) is 1. The highest BCUT2D eigenvalue weighted by atomic mass is 19.1. The van der Waals surface area contributed by atoms with Gasteiger partial charge >= 0.3 is 6.09 Å². The van der Waals surface area contributed by atoms with Crippen LogP contribution in [0, 0.1) is 11.7 Å². The smallest absolute Gasteiger partial charge is 0.407 e. The van der Waals surface area contributed by atoms with Crippen LogP contribution in [0.25, 0.3) is 11.0 Å². The number of likely N-dealkylation sites (tertiary alicyclic amines) is 1. The summed E-state index contributed by atoms with van der Waals surface area (Å²) in [4.78, 5) is 23.3. The van der Waals surface area contributed by atoms with Crippen molar-refractivity contribution in [1.82, 2.24) is 19.8 Å². The first kappa shape index (κ1) is 22.8. The lowest BCUT2D eigenvalue weighted by atomic mass is 10.1. The standard InChI is InChI=1S/C24H26F2N4O3/c1-33-22-8-7-21-23(28-22)18(19(25)11-27-21)9-10-29-13-17(20(26)15-29)14-30(24(31)32)12-16-5-3-2-4-6-16/h2-8,11,17,20H,9-10,12-15H2,1H3,(H,31,32). The Hall–Kier alpha value is -3.33. The summed E-state index contributed by atoms with van der Waals surface area (Å²) in [7, 11) is 1.49. The number of hydrogen-bond acceptors (Lipinski definition) is 5. The Morgan fingerprint density at radius 1 is 1.24 bits per heavy atom. The summed E-state index contributed by atoms with van der Waals surface area (Å²) in [6, 6.07) is 12.6. The van der Waals surface area contributed by atoms with Gasteiger partial charge in [-0.15, -0.1) is 0 Å². The first-order valence-corrected chi connectivity index (χ1v) is 10.8. The number of fused-ring (bicyclic) bond motifs is 1. The van der Waals surface area contributed by atoms with Gasteiger partial charge in [0, 0.05) is 50.3 Å². The topological polar surface area (TPSA) is 78.8 Å². The number of nitrogens with zero attached hydrogens (tertiary/aromatic N) is 4. The van der Waals surface area contributed by atoms with Crippen LogP contribution in [0.1, 0.15) is 11.1 Å². The van der Waals surface area contributed by atoms with E-state index in [-0.39, 0.29) is 19.6 Å². The first-order valence-electron chi connectivity index (χ1n) is 10.8. The van der Waals surface area contributed by atoms with Crippen LogP contribution in [0.5, 0.6) is 5.88 Å². The van der Waals surface area contributed by atoms with Gasteiger partial charge in [-0.25, -0.2) is 18.6 Å². The molecule has 7 nitrogen and oxygen atoms in total. The zero-order chi connectivity index (χ0) is 23.4. The third kappa shape index (κ3) is 5.36. The van der Waals surface area contributed by atoms with Crippen molar-refractivity contribution in [2.75, 3.05) is 33.3 Å². The van der Waals surface area contributed by atoms with Gasteiger partial charge in [-0.2, -0.15) is 0 Å². The van der Waals surface area contributed by atoms with Crippen molar-refractivity contribution in [3.05, 3.63) is 65.6 Å². The Kier molecular flexibility index (Phi) is 6.98. The van der Waals surface area contributed by atoms with Crippen LogP contribution in [-0.2, 0) is 13.0 Å². The number of alkyl halides is 1. The molecule has 0 bridgehead atoms. The number of halogens is 2. The van der Waals surface area contributed by atoms with Gasteiger partial charge in [-0.1, -0.05) is 30.3 Å². The van der Waals surface area contributed by atoms with Gasteiger partial charge in [-0.3, -0.25) is 9.88 Å². The average molecular weight is 456 g/mol. The average Bonchev–Trinajstić information content (AvgIpc) is 3.17. The minimum absolute atomic E-state index is 0.104. The van der Waals surface area contributed by atoms with Crippen molar-refractivity contribution in [3.8, 4) is 5.88 Å². The summed E-state index contributed by atoms with van der Waals surface area (Å²) in [5.74, 6) is -0.536. The van der Waals surface area contributed by atoms with Crippen LogP contribution in [-0.4, -0.2) is 70.4 Å². The molecule has 174 valence electrons. The molecule has 3 heterocycles. The molecule has 9 heteroatoms. The van der Waals surface area contributed by atoms with Crippen LogP contribution in [0.4, 0.5) is 13.6 Å². The molecule has 2 unspecified atom stereocenters. The maximum atomic E-state index is 14.8. The van der Waals surface area contributed by atoms with Gasteiger partial charge in [0.25, 0.3) is 0 Å². The lowest BCUT2D eigenvalue weighted by molar-refractivity contribution is 0.125. The summed E-state index contributed by atoms with van der Waals surface area (Å²) in [6.07, 6.45) is -0.725. The molecule has 1 amide bonds. The van der Waals surface area contributed by atoms with Gasteiger partial charge in [0.15, 0.2) is 0 Å². The van der Waals surface area contributed by atoms with Crippen LogP contribution in [0.3, 0.4) is 0 Å². The highest BCUT2D eigenvalue weighted by Crippen LogP contribution is 2.25. The minimum atomic E-state index is -1.15. The van der Waals surface area contributed by atoms with Gasteiger partial charge < -0.3 is 14.7 Å². The summed E-state index contributed by atoms with van der Waals surface area (Å²) < 4.78 is 34.5. The zero-order valence-electron chi connectivity index (χ0n) is 18.3. The molecule has 0 spiro atoms. The molecule has 3 aromatic rings. The third-order valence-electron chi connectivity index (χ3n) is 6.01. The fourth-order valence-corrected chi connectivity index (χ4v) is 4.27. The molecular formula is C24H26F2N4O3. The van der Waals surface area contributed by atoms with E-state index in [9.17, 15) is 18.7 Å². The number of aromatic nitrogens is 2. The molecule has 33 heavy (non-hydrogen) atoms. The van der Waals surface area contributed by atoms with Gasteiger partial charge in [0.2, 0.25) is 5.88 Å². The third-order valence-corrected chi connectivity index (χ3v) is 6.01. The van der Waals surface area contributed by atoms with Crippen LogP contribution in [0.15, 0.2) is 48.7 Å². The molecule has 1 aromatic carbocycles. The highest BCUT2D eigenvalue weighted by Gasteiger charge is 2.35. The highest BCUT2D eigenvalue weighted by molar-refractivity contribution is 5.78. The van der Waals surface area contributed by atoms with E-state index in [0.29, 0.717) is 42.0 Å². The Labute approximate surface area is 190 Å². The number of carboxylic acid groups (broad SMARTS) is 1. The van der Waals surface area contributed by atoms with Crippen LogP contribution >= 0.6 is 0 Å². The van der Waals surface area contributed by atoms with Gasteiger partial charge in [0.05, 0.1) is 24.3 Å². The SMILES string of the molecule is COc1ccc2ncc(F)c(CCN3CC(F)C(CN(Cc4ccccc4)C(=O)O)C3)c2n1. The van der Waals surface area contributed by atoms with Crippen molar-refractivity contribution >= 4 is 17.1 Å². The number of carbonyl (C=O) groups is 1. The van der Waals surface area contributed by atoms with E-state index in [0.717, 1.165) is 5.56 Å². The second kappa shape index (κ2) is 10.1. The Balaban J connectivity index is 1.41. The van der Waals surface area contributed by atoms with E-state index in [1.807, 2.05) is 35.2 Å². The predicted octanol–water partition coefficient (Wildman–Crippen LogP) is 3.77. The molecular weight excluding hydrogens is 430 g/mol. The quantitative estimate of drug-likeness (QED) is 0.556. The van der Waals surface area contributed by atoms with E-state index in [1.165, 1.54) is 18.2 Å². The fraction of sp³-hybridized carbons (Fsp3) is 0.375. The van der Waals surface area contributed by atoms with Crippen molar-refractivity contribution < 1.29 is 23.4 Å². The largest absolute Gasteiger partial charge is 0.481 e. The molecule has 4 rings (SSSR count). The summed E-state index contributed by atoms with van der Waals surface area (Å²) in [6.45, 7) is 1.33. The number of amides is 1. The van der Waals surface area contributed by atoms with Gasteiger partial charge in [-0.05, 0) is 18.1 Å². The Morgan fingerprint density at radius 2 is 2.03 bits per heavy atom. The van der Waals surface area contributed by atoms with Crippen molar-refractivity contribution in [2.45, 2.75) is 19.1 Å². The molecule has 1 aliphatic rings. The second-order valence-corrected chi connectivity index (χ2v) is 8.24. The zero-order valence-corrected chi connectivity index (χ0v) is 18.3. The Morgan fingerprint density at radius 3 is 2.76 bits per heavy atom. The summed E-state index contributed by atoms with van der Waals surface area (Å²) >= 11 is 0. The van der Waals surface area contributed by atoms with Crippen LogP contribution < -0.4 is 4.74 Å². The van der Waals surface area contributed by atoms with E-state index in [1.54, 1.807) is 12.1 Å². The number of benzene rings is 1. The van der Waals surface area contributed by atoms with E-state index in [4.69, 9.17) is 4.74 Å². The first-order chi connectivity index (χ1) is 15.9. The molecule has 1 N–H and O–H groups in total. The number of rotatable bonds is 8. The maximum absolute atomic E-state index is 14.8. The molecule has 1 aliphatic heterocycles. The van der Waals surface area contributed by atoms with Crippen LogP contribution in [0.2, 0.25) is 0 Å². The number of pyridine rings is 2. The second-order valence-electron chi connectivity index (χ2n) is 8.24. The minimum Gasteiger partial charge on any atom is -0.481 e. The van der Waals surface area contributed by atoms with E-state index in [2.05, 4.69) is 9.97 Å². The monoisotopic (exact) mass is 456 g/mol. The van der Waals surface area contributed by atoms with E-state index < -0.39 is 24.0 Å². The Bertz CT molecular complexity index is 1120. The molecule has 2 atom stereocenters. The maximum Gasteiger partial charge on any atom is 0.407 e. The van der Waals surface area contributed by atoms with Gasteiger partial charge in [0.1, 0.15) is 12.0 Å². The van der Waals surface area contributed by atoms with Crippen molar-refractivity contribution in [1.29, 1.82) is 0 Å². The fourth-order valence-electron chi connectivity index (χ4n) is 4.27. The lowest BCUT2D eigenvalue weighted by Crippen LogP contribution is -2.37. The summed E-state index contributed by atoms with van der Waals surface area (Å²) in [5.41, 5.74) is 2.26. The molecule has 0 saturated carbocycles. The number of methoxy groups -OCH3 is 1. The predicted molar refractivity (Wildman–Crippen MR) is 119 cm³/mol. The normalized spacial score (nSPS) is 18.5. The molecule has 1 fully saturated rings. The molecule has 0 radical (unpaired) electrons. The molecule has 2 aromatic heterocycles. The van der Waals surface area contributed by atoms with E-state index >= 15 is 0 Å². The lowest BCUT2D eigenvalue weighted by Gasteiger charge is -2.24.